The van der Waals surface area contributed by atoms with Gasteiger partial charge in [-0.15, -0.1) is 0 Å². The Hall–Kier alpha value is 0.310. The first kappa shape index (κ1) is 7.93. The summed E-state index contributed by atoms with van der Waals surface area (Å²) in [7, 11) is 0. The van der Waals surface area contributed by atoms with Crippen LogP contribution in [-0.2, 0) is 0 Å². The molecule has 1 nitrogen and oxygen atoms in total. The molecule has 0 aromatic heterocycles. The molecule has 2 fully saturated rings. The molecule has 0 aromatic carbocycles. The number of hydrogen-bond donors (Lipinski definition) is 1. The van der Waals surface area contributed by atoms with Gasteiger partial charge in [-0.05, 0) is 37.5 Å². The van der Waals surface area contributed by atoms with Gasteiger partial charge in [0.2, 0.25) is 0 Å². The lowest BCUT2D eigenvalue weighted by atomic mass is 9.86. The van der Waals surface area contributed by atoms with E-state index in [1.807, 2.05) is 0 Å². The van der Waals surface area contributed by atoms with Crippen molar-refractivity contribution in [3.05, 3.63) is 0 Å². The average Bonchev–Trinajstić information content (AvgIpc) is 2.06. The Morgan fingerprint density at radius 1 is 1.36 bits per heavy atom. The molecule has 2 aliphatic rings. The molecule has 0 aliphatic carbocycles. The number of thioether (sulfide) groups is 1. The Bertz CT molecular complexity index is 136. The van der Waals surface area contributed by atoms with Gasteiger partial charge in [0, 0.05) is 11.3 Å². The first-order valence-electron chi connectivity index (χ1n) is 4.73. The molecule has 0 saturated carbocycles. The Kier molecular flexibility index (Phi) is 2.42. The van der Waals surface area contributed by atoms with Gasteiger partial charge in [0.1, 0.15) is 0 Å². The highest BCUT2D eigenvalue weighted by Crippen LogP contribution is 2.35. The van der Waals surface area contributed by atoms with Gasteiger partial charge in [0.05, 0.1) is 0 Å². The number of piperidine rings is 1. The first-order valence-corrected chi connectivity index (χ1v) is 5.78. The Morgan fingerprint density at radius 3 is 3.09 bits per heavy atom. The summed E-state index contributed by atoms with van der Waals surface area (Å²) in [6.45, 7) is 3.66. The molecule has 64 valence electrons. The molecule has 0 amide bonds. The zero-order valence-corrected chi connectivity index (χ0v) is 7.99. The Balaban J connectivity index is 1.99. The van der Waals surface area contributed by atoms with Crippen LogP contribution in [-0.4, -0.2) is 23.6 Å². The zero-order chi connectivity index (χ0) is 7.68. The van der Waals surface area contributed by atoms with Gasteiger partial charge in [-0.1, -0.05) is 6.92 Å². The van der Waals surface area contributed by atoms with Crippen LogP contribution in [0.2, 0.25) is 0 Å². The second-order valence-corrected chi connectivity index (χ2v) is 5.22. The van der Waals surface area contributed by atoms with Gasteiger partial charge in [-0.2, -0.15) is 11.8 Å². The van der Waals surface area contributed by atoms with Crippen molar-refractivity contribution < 1.29 is 0 Å². The van der Waals surface area contributed by atoms with Gasteiger partial charge < -0.3 is 5.32 Å². The summed E-state index contributed by atoms with van der Waals surface area (Å²) >= 11 is 2.16. The van der Waals surface area contributed by atoms with Crippen molar-refractivity contribution in [3.63, 3.8) is 0 Å². The summed E-state index contributed by atoms with van der Waals surface area (Å²) in [4.78, 5) is 0. The van der Waals surface area contributed by atoms with Gasteiger partial charge in [0.25, 0.3) is 0 Å². The second kappa shape index (κ2) is 3.36. The highest BCUT2D eigenvalue weighted by Gasteiger charge is 2.32. The predicted octanol–water partition coefficient (Wildman–Crippen LogP) is 1.88. The molecule has 0 aromatic rings. The molecule has 0 spiro atoms. The van der Waals surface area contributed by atoms with Crippen LogP contribution in [0.15, 0.2) is 0 Å². The fourth-order valence-electron chi connectivity index (χ4n) is 2.36. The van der Waals surface area contributed by atoms with Crippen LogP contribution in [0, 0.1) is 5.92 Å². The molecule has 2 aliphatic heterocycles. The maximum absolute atomic E-state index is 3.64. The van der Waals surface area contributed by atoms with Gasteiger partial charge in [0.15, 0.2) is 0 Å². The second-order valence-electron chi connectivity index (χ2n) is 3.73. The van der Waals surface area contributed by atoms with Crippen molar-refractivity contribution in [2.45, 2.75) is 37.5 Å². The SMILES string of the molecule is CC1SCCC2NCCCC21. The third-order valence-corrected chi connectivity index (χ3v) is 4.40. The van der Waals surface area contributed by atoms with Crippen molar-refractivity contribution in [1.82, 2.24) is 5.32 Å². The molecule has 3 atom stereocenters. The molecule has 2 saturated heterocycles. The summed E-state index contributed by atoms with van der Waals surface area (Å²) in [6, 6.07) is 0.861. The van der Waals surface area contributed by atoms with Gasteiger partial charge in [-0.25, -0.2) is 0 Å². The lowest BCUT2D eigenvalue weighted by Crippen LogP contribution is -2.47. The lowest BCUT2D eigenvalue weighted by Gasteiger charge is -2.40. The fraction of sp³-hybridized carbons (Fsp3) is 1.00. The molecule has 1 N–H and O–H groups in total. The van der Waals surface area contributed by atoms with Crippen molar-refractivity contribution >= 4 is 11.8 Å². The molecule has 2 heterocycles. The third kappa shape index (κ3) is 1.57. The minimum atomic E-state index is 0.861. The Labute approximate surface area is 73.3 Å². The van der Waals surface area contributed by atoms with Crippen molar-refractivity contribution in [2.75, 3.05) is 12.3 Å². The molecule has 0 radical (unpaired) electrons. The van der Waals surface area contributed by atoms with E-state index < -0.39 is 0 Å². The summed E-state index contributed by atoms with van der Waals surface area (Å²) < 4.78 is 0. The van der Waals surface area contributed by atoms with Crippen LogP contribution < -0.4 is 5.32 Å². The zero-order valence-electron chi connectivity index (χ0n) is 7.18. The quantitative estimate of drug-likeness (QED) is 0.597. The average molecular weight is 171 g/mol. The predicted molar refractivity (Wildman–Crippen MR) is 51.1 cm³/mol. The lowest BCUT2D eigenvalue weighted by molar-refractivity contribution is 0.266. The topological polar surface area (TPSA) is 12.0 Å². The minimum absolute atomic E-state index is 0.861. The molecule has 2 rings (SSSR count). The number of fused-ring (bicyclic) bond motifs is 1. The molecule has 2 heteroatoms. The van der Waals surface area contributed by atoms with E-state index in [-0.39, 0.29) is 0 Å². The number of nitrogens with one attached hydrogen (secondary N) is 1. The van der Waals surface area contributed by atoms with Crippen LogP contribution in [0.1, 0.15) is 26.2 Å². The van der Waals surface area contributed by atoms with Crippen LogP contribution in [0.3, 0.4) is 0 Å². The van der Waals surface area contributed by atoms with Crippen LogP contribution in [0.4, 0.5) is 0 Å². The normalized spacial score (nSPS) is 45.0. The monoisotopic (exact) mass is 171 g/mol. The first-order chi connectivity index (χ1) is 5.38. The smallest absolute Gasteiger partial charge is 0.0114 e. The van der Waals surface area contributed by atoms with E-state index >= 15 is 0 Å². The number of hydrogen-bond acceptors (Lipinski definition) is 2. The van der Waals surface area contributed by atoms with Gasteiger partial charge in [-0.3, -0.25) is 0 Å². The summed E-state index contributed by atoms with van der Waals surface area (Å²) in [5.41, 5.74) is 0. The van der Waals surface area contributed by atoms with Crippen LogP contribution in [0.5, 0.6) is 0 Å². The third-order valence-electron chi connectivity index (χ3n) is 3.05. The molecular weight excluding hydrogens is 154 g/mol. The van der Waals surface area contributed by atoms with Crippen LogP contribution in [0.25, 0.3) is 0 Å². The molecule has 11 heavy (non-hydrogen) atoms. The maximum atomic E-state index is 3.64. The van der Waals surface area contributed by atoms with Crippen molar-refractivity contribution in [2.24, 2.45) is 5.92 Å². The Morgan fingerprint density at radius 2 is 2.27 bits per heavy atom. The van der Waals surface area contributed by atoms with E-state index in [0.717, 1.165) is 17.2 Å². The van der Waals surface area contributed by atoms with E-state index in [4.69, 9.17) is 0 Å². The largest absolute Gasteiger partial charge is 0.314 e. The van der Waals surface area contributed by atoms with E-state index in [2.05, 4.69) is 24.0 Å². The highest BCUT2D eigenvalue weighted by atomic mass is 32.2. The molecular formula is C9H17NS. The van der Waals surface area contributed by atoms with Crippen molar-refractivity contribution in [3.8, 4) is 0 Å². The van der Waals surface area contributed by atoms with E-state index in [9.17, 15) is 0 Å². The fourth-order valence-corrected chi connectivity index (χ4v) is 3.70. The molecule has 0 bridgehead atoms. The van der Waals surface area contributed by atoms with Crippen molar-refractivity contribution in [1.29, 1.82) is 0 Å². The van der Waals surface area contributed by atoms with E-state index in [1.165, 1.54) is 31.6 Å². The van der Waals surface area contributed by atoms with E-state index in [0.29, 0.717) is 0 Å². The summed E-state index contributed by atoms with van der Waals surface area (Å²) in [6.07, 6.45) is 4.26. The van der Waals surface area contributed by atoms with Crippen LogP contribution >= 0.6 is 11.8 Å². The summed E-state index contributed by atoms with van der Waals surface area (Å²) in [5, 5.41) is 4.54. The highest BCUT2D eigenvalue weighted by molar-refractivity contribution is 7.99. The van der Waals surface area contributed by atoms with E-state index in [1.54, 1.807) is 0 Å². The maximum Gasteiger partial charge on any atom is 0.0114 e. The number of rotatable bonds is 0. The molecule has 3 unspecified atom stereocenters. The van der Waals surface area contributed by atoms with Gasteiger partial charge >= 0.3 is 0 Å². The standard InChI is InChI=1S/C9H17NS/c1-7-8-3-2-5-10-9(8)4-6-11-7/h7-10H,2-6H2,1H3. The minimum Gasteiger partial charge on any atom is -0.314 e. The summed E-state index contributed by atoms with van der Waals surface area (Å²) in [5.74, 6) is 2.34.